The van der Waals surface area contributed by atoms with Crippen LogP contribution in [0.15, 0.2) is 17.5 Å². The number of rotatable bonds is 8. The van der Waals surface area contributed by atoms with Crippen LogP contribution in [0, 0.1) is 0 Å². The molecular weight excluding hydrogens is 298 g/mol. The first-order chi connectivity index (χ1) is 9.95. The molecule has 1 aromatic rings. The third-order valence-corrected chi connectivity index (χ3v) is 3.48. The molecule has 0 aliphatic heterocycles. The van der Waals surface area contributed by atoms with E-state index in [1.54, 1.807) is 17.5 Å². The van der Waals surface area contributed by atoms with Gasteiger partial charge in [-0.15, -0.1) is 11.3 Å². The molecule has 0 radical (unpaired) electrons. The number of aliphatic carboxylic acids is 1. The Morgan fingerprint density at radius 2 is 2.19 bits per heavy atom. The average Bonchev–Trinajstić information content (AvgIpc) is 2.96. The molecule has 2 unspecified atom stereocenters. The van der Waals surface area contributed by atoms with E-state index in [4.69, 9.17) is 10.6 Å². The van der Waals surface area contributed by atoms with Crippen molar-refractivity contribution in [1.29, 1.82) is 0 Å². The summed E-state index contributed by atoms with van der Waals surface area (Å²) in [6, 6.07) is 1.88. The normalized spacial score (nSPS) is 12.8. The second-order valence-electron chi connectivity index (χ2n) is 4.07. The first-order valence-corrected chi connectivity index (χ1v) is 6.78. The molecule has 0 aliphatic carbocycles. The van der Waals surface area contributed by atoms with Crippen molar-refractivity contribution in [3.8, 4) is 0 Å². The van der Waals surface area contributed by atoms with E-state index in [2.05, 4.69) is 10.1 Å². The van der Waals surface area contributed by atoms with Crippen molar-refractivity contribution in [2.24, 2.45) is 0 Å². The van der Waals surface area contributed by atoms with Crippen LogP contribution in [0.25, 0.3) is 5.53 Å². The highest BCUT2D eigenvalue weighted by Gasteiger charge is 2.26. The largest absolute Gasteiger partial charge is 0.480 e. The minimum Gasteiger partial charge on any atom is -0.480 e. The van der Waals surface area contributed by atoms with Crippen molar-refractivity contribution < 1.29 is 29.4 Å². The van der Waals surface area contributed by atoms with Crippen molar-refractivity contribution in [3.05, 3.63) is 27.9 Å². The monoisotopic (exact) mass is 311 g/mol. The zero-order valence-corrected chi connectivity index (χ0v) is 11.6. The number of carboxylic acid groups (broad SMARTS) is 1. The van der Waals surface area contributed by atoms with E-state index in [1.807, 2.05) is 0 Å². The summed E-state index contributed by atoms with van der Waals surface area (Å²) in [6.07, 6.45) is -1.19. The Kier molecular flexibility index (Phi) is 6.41. The Morgan fingerprint density at radius 1 is 1.48 bits per heavy atom. The molecule has 0 fully saturated rings. The van der Waals surface area contributed by atoms with Crippen LogP contribution in [-0.2, 0) is 14.4 Å². The number of hydrogen-bond acceptors (Lipinski definition) is 5. The highest BCUT2D eigenvalue weighted by Crippen LogP contribution is 2.19. The summed E-state index contributed by atoms with van der Waals surface area (Å²) in [5.41, 5.74) is 8.17. The zero-order chi connectivity index (χ0) is 15.8. The molecule has 21 heavy (non-hydrogen) atoms. The maximum Gasteiger partial charge on any atom is 0.326 e. The first kappa shape index (κ1) is 16.7. The Labute approximate surface area is 123 Å². The van der Waals surface area contributed by atoms with Gasteiger partial charge in [-0.2, -0.15) is 4.79 Å². The number of carboxylic acids is 1. The zero-order valence-electron chi connectivity index (χ0n) is 10.8. The lowest BCUT2D eigenvalue weighted by molar-refractivity contribution is -0.143. The summed E-state index contributed by atoms with van der Waals surface area (Å²) in [5.74, 6) is -2.75. The van der Waals surface area contributed by atoms with Crippen LogP contribution in [-0.4, -0.2) is 44.9 Å². The lowest BCUT2D eigenvalue weighted by atomic mass is 10.1. The molecule has 1 heterocycles. The van der Waals surface area contributed by atoms with E-state index in [0.717, 1.165) is 11.3 Å². The van der Waals surface area contributed by atoms with Gasteiger partial charge in [-0.25, -0.2) is 4.79 Å². The van der Waals surface area contributed by atoms with Gasteiger partial charge in [-0.3, -0.25) is 9.59 Å². The summed E-state index contributed by atoms with van der Waals surface area (Å²) in [6.45, 7) is 0. The summed E-state index contributed by atoms with van der Waals surface area (Å²) in [4.78, 5) is 36.8. The number of nitrogens with one attached hydrogen (secondary N) is 1. The fraction of sp³-hybridized carbons (Fsp3) is 0.333. The van der Waals surface area contributed by atoms with Crippen LogP contribution in [0.1, 0.15) is 23.8 Å². The van der Waals surface area contributed by atoms with Crippen LogP contribution in [0.3, 0.4) is 0 Å². The van der Waals surface area contributed by atoms with Gasteiger partial charge in [0.05, 0.1) is 0 Å². The van der Waals surface area contributed by atoms with Gasteiger partial charge in [-0.1, -0.05) is 6.07 Å². The highest BCUT2D eigenvalue weighted by atomic mass is 32.1. The Balaban J connectivity index is 2.61. The molecule has 9 heteroatoms. The van der Waals surface area contributed by atoms with Crippen LogP contribution < -0.4 is 5.32 Å². The van der Waals surface area contributed by atoms with Gasteiger partial charge in [0.2, 0.25) is 5.78 Å². The number of thiophene rings is 1. The number of carbonyl (C=O) groups excluding carboxylic acids is 2. The van der Waals surface area contributed by atoms with E-state index in [0.29, 0.717) is 11.1 Å². The van der Waals surface area contributed by atoms with Crippen molar-refractivity contribution in [2.75, 3.05) is 0 Å². The summed E-state index contributed by atoms with van der Waals surface area (Å²) in [7, 11) is 0. The molecule has 0 aliphatic rings. The van der Waals surface area contributed by atoms with Gasteiger partial charge in [0.15, 0.2) is 6.10 Å². The van der Waals surface area contributed by atoms with Crippen LogP contribution in [0.5, 0.6) is 0 Å². The van der Waals surface area contributed by atoms with Gasteiger partial charge >= 0.3 is 12.2 Å². The number of carbonyl (C=O) groups is 3. The van der Waals surface area contributed by atoms with Crippen molar-refractivity contribution >= 4 is 35.2 Å². The van der Waals surface area contributed by atoms with Gasteiger partial charge < -0.3 is 21.1 Å². The Morgan fingerprint density at radius 3 is 2.71 bits per heavy atom. The van der Waals surface area contributed by atoms with Crippen LogP contribution >= 0.6 is 11.3 Å². The number of ketones is 1. The van der Waals surface area contributed by atoms with Crippen LogP contribution in [0.2, 0.25) is 0 Å². The van der Waals surface area contributed by atoms with E-state index in [-0.39, 0.29) is 12.8 Å². The molecule has 1 amide bonds. The predicted octanol–water partition coefficient (Wildman–Crippen LogP) is 0.000800. The Hall–Kier alpha value is -2.35. The molecular formula is C12H13N3O5S. The fourth-order valence-electron chi connectivity index (χ4n) is 1.50. The van der Waals surface area contributed by atoms with Gasteiger partial charge in [0.1, 0.15) is 6.04 Å². The molecule has 0 aromatic carbocycles. The SMILES string of the molecule is [N-]=[N+]=CC(=O)CCC(NC(=O)C(O)c1cccs1)C(=O)O. The topological polar surface area (TPSA) is 140 Å². The third-order valence-electron chi connectivity index (χ3n) is 2.56. The molecule has 0 spiro atoms. The number of aliphatic hydroxyl groups is 1. The maximum absolute atomic E-state index is 11.8. The summed E-state index contributed by atoms with van der Waals surface area (Å²) in [5, 5.41) is 22.6. The number of amides is 1. The van der Waals surface area contributed by atoms with Gasteiger partial charge in [0.25, 0.3) is 5.91 Å². The quantitative estimate of drug-likeness (QED) is 0.352. The fourth-order valence-corrected chi connectivity index (χ4v) is 2.21. The molecule has 0 saturated carbocycles. The molecule has 2 atom stereocenters. The second-order valence-corrected chi connectivity index (χ2v) is 5.05. The molecule has 3 N–H and O–H groups in total. The van der Waals surface area contributed by atoms with Crippen LogP contribution in [0.4, 0.5) is 0 Å². The number of hydrogen-bond donors (Lipinski definition) is 3. The number of Topliss-reactive ketones (excluding diaryl/α,β-unsaturated/α-hetero) is 1. The molecule has 1 aromatic heterocycles. The minimum atomic E-state index is -1.46. The molecule has 112 valence electrons. The van der Waals surface area contributed by atoms with E-state index >= 15 is 0 Å². The standard InChI is InChI=1S/C12H13N3O5S/c13-14-6-7(16)3-4-8(12(19)20)15-11(18)10(17)9-2-1-5-21-9/h1-2,5-6,8,10,17H,3-4H2,(H,15,18)(H,19,20). The van der Waals surface area contributed by atoms with Crippen molar-refractivity contribution in [2.45, 2.75) is 25.0 Å². The van der Waals surface area contributed by atoms with E-state index in [1.165, 1.54) is 0 Å². The molecule has 0 saturated heterocycles. The molecule has 0 bridgehead atoms. The molecule has 1 rings (SSSR count). The second kappa shape index (κ2) is 8.05. The van der Waals surface area contributed by atoms with E-state index in [9.17, 15) is 19.5 Å². The average molecular weight is 311 g/mol. The predicted molar refractivity (Wildman–Crippen MR) is 72.8 cm³/mol. The van der Waals surface area contributed by atoms with Crippen molar-refractivity contribution in [1.82, 2.24) is 5.32 Å². The minimum absolute atomic E-state index is 0.177. The van der Waals surface area contributed by atoms with Crippen molar-refractivity contribution in [3.63, 3.8) is 0 Å². The first-order valence-electron chi connectivity index (χ1n) is 5.90. The molecule has 8 nitrogen and oxygen atoms in total. The lowest BCUT2D eigenvalue weighted by Crippen LogP contribution is -2.43. The number of aliphatic hydroxyl groups excluding tert-OH is 1. The lowest BCUT2D eigenvalue weighted by Gasteiger charge is -2.15. The third kappa shape index (κ3) is 5.27. The maximum atomic E-state index is 11.8. The smallest absolute Gasteiger partial charge is 0.326 e. The van der Waals surface area contributed by atoms with Gasteiger partial charge in [-0.05, 0) is 17.9 Å². The Bertz CT molecular complexity index is 565. The summed E-state index contributed by atoms with van der Waals surface area (Å²) < 4.78 is 0. The van der Waals surface area contributed by atoms with Gasteiger partial charge in [0, 0.05) is 11.3 Å². The van der Waals surface area contributed by atoms with E-state index < -0.39 is 29.8 Å². The highest BCUT2D eigenvalue weighted by molar-refractivity contribution is 7.10. The number of nitrogens with zero attached hydrogens (tertiary/aromatic N) is 2. The summed E-state index contributed by atoms with van der Waals surface area (Å²) >= 11 is 1.16.